The fourth-order valence-corrected chi connectivity index (χ4v) is 5.10. The van der Waals surface area contributed by atoms with Crippen molar-refractivity contribution in [1.82, 2.24) is 15.0 Å². The van der Waals surface area contributed by atoms with Crippen LogP contribution in [0.4, 0.5) is 62.8 Å². The molecule has 2 N–H and O–H groups in total. The second-order valence-electron chi connectivity index (χ2n) is 10.6. The van der Waals surface area contributed by atoms with Gasteiger partial charge in [0.2, 0.25) is 5.95 Å². The van der Waals surface area contributed by atoms with E-state index in [4.69, 9.17) is 24.6 Å². The highest BCUT2D eigenvalue weighted by molar-refractivity contribution is 5.73. The molecule has 5 rings (SSSR count). The quantitative estimate of drug-likeness (QED) is 0.292. The molecule has 0 saturated carbocycles. The number of aliphatic carboxylic acids is 1. The average molecular weight is 681 g/mol. The fourth-order valence-electron chi connectivity index (χ4n) is 5.10. The van der Waals surface area contributed by atoms with Gasteiger partial charge in [-0.05, 0) is 55.7 Å². The summed E-state index contributed by atoms with van der Waals surface area (Å²) < 4.78 is 118. The zero-order valence-corrected chi connectivity index (χ0v) is 24.7. The number of methoxy groups -OCH3 is 1. The van der Waals surface area contributed by atoms with Crippen molar-refractivity contribution in [1.29, 1.82) is 0 Å². The Morgan fingerprint density at radius 2 is 1.57 bits per heavy atom. The molecule has 1 atom stereocenters. The molecule has 2 aromatic heterocycles. The third kappa shape index (κ3) is 9.14. The molecule has 0 radical (unpaired) electrons. The minimum atomic E-state index is -5.08. The van der Waals surface area contributed by atoms with E-state index in [1.54, 1.807) is 12.0 Å². The normalized spacial score (nSPS) is 17.3. The van der Waals surface area contributed by atoms with Crippen LogP contribution in [-0.4, -0.2) is 71.6 Å². The first-order valence-electron chi connectivity index (χ1n) is 14.2. The SMILES string of the molecule is COC1CCCN(c2nc3c(c(Nc4ccc(C(F)(F)F)cc4)n2)CCN(c2ncccc2C(F)(F)F)CC3)C1.O=C(O)C(F)(F)F. The summed E-state index contributed by atoms with van der Waals surface area (Å²) in [7, 11) is 1.64. The molecular weight excluding hydrogens is 651 g/mol. The van der Waals surface area contributed by atoms with Gasteiger partial charge >= 0.3 is 24.5 Å². The maximum Gasteiger partial charge on any atom is 0.490 e. The van der Waals surface area contributed by atoms with E-state index in [0.29, 0.717) is 54.6 Å². The topological polar surface area (TPSA) is 104 Å². The highest BCUT2D eigenvalue weighted by atomic mass is 19.4. The van der Waals surface area contributed by atoms with Crippen LogP contribution in [0.5, 0.6) is 0 Å². The van der Waals surface area contributed by atoms with Gasteiger partial charge in [0.1, 0.15) is 11.6 Å². The van der Waals surface area contributed by atoms with Crippen molar-refractivity contribution in [2.24, 2.45) is 0 Å². The smallest absolute Gasteiger partial charge is 0.475 e. The van der Waals surface area contributed by atoms with Crippen LogP contribution in [0.3, 0.4) is 0 Å². The number of rotatable bonds is 5. The molecule has 1 aromatic carbocycles. The largest absolute Gasteiger partial charge is 0.490 e. The monoisotopic (exact) mass is 680 g/mol. The maximum absolute atomic E-state index is 13.7. The molecule has 2 aliphatic rings. The average Bonchev–Trinajstić information content (AvgIpc) is 3.23. The molecule has 4 heterocycles. The van der Waals surface area contributed by atoms with Crippen LogP contribution in [0.2, 0.25) is 0 Å². The summed E-state index contributed by atoms with van der Waals surface area (Å²) in [6, 6.07) is 6.89. The summed E-state index contributed by atoms with van der Waals surface area (Å²) >= 11 is 0. The van der Waals surface area contributed by atoms with Gasteiger partial charge in [0.05, 0.1) is 22.9 Å². The number of anilines is 4. The first-order chi connectivity index (χ1) is 22.0. The van der Waals surface area contributed by atoms with Crippen molar-refractivity contribution in [3.63, 3.8) is 0 Å². The Balaban J connectivity index is 0.000000644. The molecule has 47 heavy (non-hydrogen) atoms. The Bertz CT molecular complexity index is 1530. The first kappa shape index (κ1) is 35.5. The number of ether oxygens (including phenoxy) is 1. The van der Waals surface area contributed by atoms with Crippen LogP contribution in [0, 0.1) is 0 Å². The number of carboxylic acid groups (broad SMARTS) is 1. The lowest BCUT2D eigenvalue weighted by molar-refractivity contribution is -0.192. The van der Waals surface area contributed by atoms with E-state index in [1.165, 1.54) is 24.4 Å². The van der Waals surface area contributed by atoms with Gasteiger partial charge in [-0.25, -0.2) is 14.8 Å². The van der Waals surface area contributed by atoms with Gasteiger partial charge in [0.15, 0.2) is 0 Å². The predicted octanol–water partition coefficient (Wildman–Crippen LogP) is 6.51. The van der Waals surface area contributed by atoms with E-state index in [0.717, 1.165) is 31.0 Å². The fraction of sp³-hybridized carbons (Fsp3) is 0.448. The molecule has 18 heteroatoms. The Kier molecular flexibility index (Phi) is 10.7. The Hall–Kier alpha value is -4.35. The van der Waals surface area contributed by atoms with E-state index < -0.39 is 35.6 Å². The third-order valence-electron chi connectivity index (χ3n) is 7.43. The van der Waals surface area contributed by atoms with Gasteiger partial charge in [-0.2, -0.15) is 44.5 Å². The van der Waals surface area contributed by atoms with Crippen molar-refractivity contribution >= 4 is 29.2 Å². The number of carbonyl (C=O) groups is 1. The van der Waals surface area contributed by atoms with Crippen molar-refractivity contribution in [2.75, 3.05) is 48.4 Å². The summed E-state index contributed by atoms with van der Waals surface area (Å²) in [5.41, 5.74) is 0.195. The second-order valence-corrected chi connectivity index (χ2v) is 10.6. The van der Waals surface area contributed by atoms with Crippen molar-refractivity contribution < 1.29 is 54.2 Å². The number of fused-ring (bicyclic) bond motifs is 1. The van der Waals surface area contributed by atoms with Crippen molar-refractivity contribution in [3.05, 3.63) is 65.0 Å². The molecule has 1 unspecified atom stereocenters. The van der Waals surface area contributed by atoms with E-state index in [9.17, 15) is 39.5 Å². The van der Waals surface area contributed by atoms with Crippen LogP contribution >= 0.6 is 0 Å². The maximum atomic E-state index is 13.7. The molecule has 0 bridgehead atoms. The number of carboxylic acids is 1. The molecule has 2 aliphatic heterocycles. The van der Waals surface area contributed by atoms with Crippen LogP contribution in [0.15, 0.2) is 42.6 Å². The van der Waals surface area contributed by atoms with E-state index in [-0.39, 0.29) is 25.0 Å². The molecule has 256 valence electrons. The molecule has 0 amide bonds. The van der Waals surface area contributed by atoms with Crippen molar-refractivity contribution in [2.45, 2.75) is 50.3 Å². The summed E-state index contributed by atoms with van der Waals surface area (Å²) in [5, 5.41) is 10.3. The van der Waals surface area contributed by atoms with Crippen LogP contribution in [-0.2, 0) is 34.7 Å². The Morgan fingerprint density at radius 1 is 0.915 bits per heavy atom. The first-order valence-corrected chi connectivity index (χ1v) is 14.2. The van der Waals surface area contributed by atoms with Crippen LogP contribution < -0.4 is 15.1 Å². The molecule has 0 spiro atoms. The standard InChI is InChI=1S/C27H28F6N6O.C2HF3O2/c1-40-19-4-3-13-39(16-19)25-36-22-11-15-38(24-21(27(31,32)33)5-2-12-34-24)14-10-20(22)23(37-25)35-18-8-6-17(7-9-18)26(28,29)30;3-2(4,5)1(6)7/h2,5-9,12,19H,3-4,10-11,13-16H2,1H3,(H,35,36,37);(H,6,7). The highest BCUT2D eigenvalue weighted by Crippen LogP contribution is 2.37. The number of nitrogens with zero attached hydrogens (tertiary/aromatic N) is 5. The predicted molar refractivity (Wildman–Crippen MR) is 152 cm³/mol. The lowest BCUT2D eigenvalue weighted by Gasteiger charge is -2.32. The zero-order valence-electron chi connectivity index (χ0n) is 24.7. The molecule has 9 nitrogen and oxygen atoms in total. The number of pyridine rings is 1. The number of hydrogen-bond donors (Lipinski definition) is 2. The van der Waals surface area contributed by atoms with Gasteiger partial charge in [-0.1, -0.05) is 0 Å². The summed E-state index contributed by atoms with van der Waals surface area (Å²) in [6.45, 7) is 1.76. The summed E-state index contributed by atoms with van der Waals surface area (Å²) in [6.07, 6.45) is -10.4. The molecule has 3 aromatic rings. The van der Waals surface area contributed by atoms with Gasteiger partial charge in [0.25, 0.3) is 0 Å². The molecular formula is C29H29F9N6O3. The summed E-state index contributed by atoms with van der Waals surface area (Å²) in [5.74, 6) is -2.05. The number of hydrogen-bond acceptors (Lipinski definition) is 8. The van der Waals surface area contributed by atoms with Gasteiger partial charge in [-0.3, -0.25) is 0 Å². The van der Waals surface area contributed by atoms with Crippen LogP contribution in [0.1, 0.15) is 35.2 Å². The van der Waals surface area contributed by atoms with Crippen molar-refractivity contribution in [3.8, 4) is 0 Å². The minimum absolute atomic E-state index is 0.00270. The Morgan fingerprint density at radius 3 is 2.17 bits per heavy atom. The zero-order chi connectivity index (χ0) is 34.6. The van der Waals surface area contributed by atoms with E-state index in [1.807, 2.05) is 4.90 Å². The lowest BCUT2D eigenvalue weighted by atomic mass is 10.1. The number of aromatic nitrogens is 3. The van der Waals surface area contributed by atoms with Gasteiger partial charge in [0, 0.05) is 57.2 Å². The minimum Gasteiger partial charge on any atom is -0.475 e. The number of piperidine rings is 1. The van der Waals surface area contributed by atoms with Gasteiger partial charge in [-0.15, -0.1) is 0 Å². The number of benzene rings is 1. The molecule has 1 fully saturated rings. The molecule has 0 aliphatic carbocycles. The Labute approximate surface area is 262 Å². The third-order valence-corrected chi connectivity index (χ3v) is 7.43. The van der Waals surface area contributed by atoms with Gasteiger partial charge < -0.3 is 25.0 Å². The number of halogens is 9. The highest BCUT2D eigenvalue weighted by Gasteiger charge is 2.38. The second kappa shape index (κ2) is 14.2. The van der Waals surface area contributed by atoms with Crippen LogP contribution in [0.25, 0.3) is 0 Å². The number of alkyl halides is 9. The molecule has 1 saturated heterocycles. The summed E-state index contributed by atoms with van der Waals surface area (Å²) in [4.78, 5) is 26.1. The lowest BCUT2D eigenvalue weighted by Crippen LogP contribution is -2.40. The van der Waals surface area contributed by atoms with E-state index in [2.05, 4.69) is 10.3 Å². The number of nitrogens with one attached hydrogen (secondary N) is 1. The van der Waals surface area contributed by atoms with E-state index >= 15 is 0 Å².